The van der Waals surface area contributed by atoms with Gasteiger partial charge in [0.1, 0.15) is 5.56 Å². The molecule has 2 N–H and O–H groups in total. The molecule has 0 saturated carbocycles. The lowest BCUT2D eigenvalue weighted by molar-refractivity contribution is -0.141. The van der Waals surface area contributed by atoms with Gasteiger partial charge in [0.05, 0.1) is 13.0 Å². The van der Waals surface area contributed by atoms with E-state index in [1.54, 1.807) is 19.1 Å². The summed E-state index contributed by atoms with van der Waals surface area (Å²) in [5.74, 6) is -1.84. The van der Waals surface area contributed by atoms with E-state index in [0.717, 1.165) is 16.8 Å². The first-order valence-electron chi connectivity index (χ1n) is 7.99. The van der Waals surface area contributed by atoms with Crippen molar-refractivity contribution in [3.8, 4) is 5.88 Å². The van der Waals surface area contributed by atoms with Crippen LogP contribution in [0.15, 0.2) is 36.4 Å². The summed E-state index contributed by atoms with van der Waals surface area (Å²) in [6.07, 6.45) is 0.348. The topological polar surface area (TPSA) is 88.5 Å². The molecule has 1 aromatic carbocycles. The lowest BCUT2D eigenvalue weighted by atomic mass is 9.98. The van der Waals surface area contributed by atoms with Crippen molar-refractivity contribution in [2.24, 2.45) is 5.92 Å². The van der Waals surface area contributed by atoms with Gasteiger partial charge in [-0.3, -0.25) is 9.59 Å². The van der Waals surface area contributed by atoms with Gasteiger partial charge in [-0.15, -0.1) is 0 Å². The zero-order valence-electron chi connectivity index (χ0n) is 14.6. The molecular weight excluding hydrogens is 320 g/mol. The smallest absolute Gasteiger partial charge is 0.308 e. The second-order valence-corrected chi connectivity index (χ2v) is 5.95. The Kier molecular flexibility index (Phi) is 6.11. The van der Waals surface area contributed by atoms with Gasteiger partial charge in [-0.2, -0.15) is 0 Å². The zero-order chi connectivity index (χ0) is 18.4. The normalized spacial score (nSPS) is 11.6. The maximum Gasteiger partial charge on any atom is 0.308 e. The second-order valence-electron chi connectivity index (χ2n) is 5.95. The molecule has 2 aromatic rings. The van der Waals surface area contributed by atoms with E-state index in [1.807, 2.05) is 31.2 Å². The average Bonchev–Trinajstić information content (AvgIpc) is 2.57. The predicted molar refractivity (Wildman–Crippen MR) is 93.9 cm³/mol. The third kappa shape index (κ3) is 5.04. The molecule has 25 heavy (non-hydrogen) atoms. The number of nitrogens with one attached hydrogen (secondary N) is 1. The Morgan fingerprint density at radius 1 is 1.24 bits per heavy atom. The van der Waals surface area contributed by atoms with Gasteiger partial charge in [-0.25, -0.2) is 4.98 Å². The number of methoxy groups -OCH3 is 1. The van der Waals surface area contributed by atoms with Crippen molar-refractivity contribution in [2.75, 3.05) is 13.7 Å². The van der Waals surface area contributed by atoms with Crippen molar-refractivity contribution in [3.63, 3.8) is 0 Å². The Bertz CT molecular complexity index is 774. The molecule has 2 rings (SSSR count). The molecule has 1 atom stereocenters. The monoisotopic (exact) mass is 342 g/mol. The fourth-order valence-electron chi connectivity index (χ4n) is 2.54. The second kappa shape index (κ2) is 8.28. The largest absolute Gasteiger partial charge is 0.481 e. The maximum atomic E-state index is 12.3. The quantitative estimate of drug-likeness (QED) is 0.806. The van der Waals surface area contributed by atoms with Crippen LogP contribution in [-0.4, -0.2) is 35.6 Å². The molecule has 132 valence electrons. The summed E-state index contributed by atoms with van der Waals surface area (Å²) in [4.78, 5) is 28.0. The third-order valence-electron chi connectivity index (χ3n) is 3.86. The van der Waals surface area contributed by atoms with E-state index >= 15 is 0 Å². The van der Waals surface area contributed by atoms with Gasteiger partial charge in [0.25, 0.3) is 5.91 Å². The van der Waals surface area contributed by atoms with Crippen LogP contribution in [0, 0.1) is 19.8 Å². The molecule has 1 unspecified atom stereocenters. The first-order valence-corrected chi connectivity index (χ1v) is 7.99. The van der Waals surface area contributed by atoms with Gasteiger partial charge in [-0.05, 0) is 38.0 Å². The summed E-state index contributed by atoms with van der Waals surface area (Å²) in [5.41, 5.74) is 3.02. The summed E-state index contributed by atoms with van der Waals surface area (Å²) < 4.78 is 5.12. The molecule has 0 fully saturated rings. The molecule has 0 bridgehead atoms. The SMILES string of the molecule is COc1nc(C)ccc1C(=O)NCC(Cc1cccc(C)c1)C(=O)O. The standard InChI is InChI=1S/C19H22N2O4/c1-12-5-4-6-14(9-12)10-15(19(23)24)11-20-17(22)16-8-7-13(2)21-18(16)25-3/h4-9,15H,10-11H2,1-3H3,(H,20,22)(H,23,24). The number of carboxylic acids is 1. The number of carbonyl (C=O) groups excluding carboxylic acids is 1. The number of nitrogens with zero attached hydrogens (tertiary/aromatic N) is 1. The van der Waals surface area contributed by atoms with Crippen LogP contribution in [0.1, 0.15) is 27.2 Å². The van der Waals surface area contributed by atoms with Gasteiger partial charge in [-0.1, -0.05) is 29.8 Å². The molecule has 1 amide bonds. The number of carbonyl (C=O) groups is 2. The van der Waals surface area contributed by atoms with E-state index < -0.39 is 17.8 Å². The van der Waals surface area contributed by atoms with Crippen LogP contribution < -0.4 is 10.1 Å². The van der Waals surface area contributed by atoms with Gasteiger partial charge < -0.3 is 15.2 Å². The van der Waals surface area contributed by atoms with Crippen molar-refractivity contribution >= 4 is 11.9 Å². The number of amides is 1. The minimum absolute atomic E-state index is 0.0269. The van der Waals surface area contributed by atoms with Crippen molar-refractivity contribution in [1.82, 2.24) is 10.3 Å². The molecule has 0 saturated heterocycles. The summed E-state index contributed by atoms with van der Waals surface area (Å²) in [7, 11) is 1.44. The van der Waals surface area contributed by atoms with E-state index in [0.29, 0.717) is 6.42 Å². The summed E-state index contributed by atoms with van der Waals surface area (Å²) in [6, 6.07) is 11.0. The van der Waals surface area contributed by atoms with E-state index in [1.165, 1.54) is 7.11 Å². The first kappa shape index (κ1) is 18.4. The predicted octanol–water partition coefficient (Wildman–Crippen LogP) is 2.38. The Morgan fingerprint density at radius 3 is 2.64 bits per heavy atom. The Hall–Kier alpha value is -2.89. The number of pyridine rings is 1. The van der Waals surface area contributed by atoms with Crippen molar-refractivity contribution < 1.29 is 19.4 Å². The maximum absolute atomic E-state index is 12.3. The number of hydrogen-bond donors (Lipinski definition) is 2. The number of aryl methyl sites for hydroxylation is 2. The highest BCUT2D eigenvalue weighted by atomic mass is 16.5. The Balaban J connectivity index is 2.06. The number of aliphatic carboxylic acids is 1. The number of rotatable bonds is 7. The highest BCUT2D eigenvalue weighted by Crippen LogP contribution is 2.16. The van der Waals surface area contributed by atoms with Crippen molar-refractivity contribution in [2.45, 2.75) is 20.3 Å². The lowest BCUT2D eigenvalue weighted by Crippen LogP contribution is -2.34. The first-order chi connectivity index (χ1) is 11.9. The molecule has 6 nitrogen and oxygen atoms in total. The van der Waals surface area contributed by atoms with E-state index in [4.69, 9.17) is 4.74 Å². The van der Waals surface area contributed by atoms with Gasteiger partial charge in [0, 0.05) is 12.2 Å². The Labute approximate surface area is 146 Å². The average molecular weight is 342 g/mol. The molecule has 0 radical (unpaired) electrons. The van der Waals surface area contributed by atoms with Gasteiger partial charge in [0.15, 0.2) is 0 Å². The lowest BCUT2D eigenvalue weighted by Gasteiger charge is -2.15. The minimum atomic E-state index is -0.948. The fourth-order valence-corrected chi connectivity index (χ4v) is 2.54. The molecular formula is C19H22N2O4. The third-order valence-corrected chi connectivity index (χ3v) is 3.86. The van der Waals surface area contributed by atoms with Crippen molar-refractivity contribution in [1.29, 1.82) is 0 Å². The van der Waals surface area contributed by atoms with Crippen LogP contribution in [0.5, 0.6) is 5.88 Å². The summed E-state index contributed by atoms with van der Waals surface area (Å²) in [6.45, 7) is 3.78. The Morgan fingerprint density at radius 2 is 2.00 bits per heavy atom. The van der Waals surface area contributed by atoms with Gasteiger partial charge >= 0.3 is 5.97 Å². The van der Waals surface area contributed by atoms with E-state index in [9.17, 15) is 14.7 Å². The van der Waals surface area contributed by atoms with E-state index in [2.05, 4.69) is 10.3 Å². The van der Waals surface area contributed by atoms with Crippen LogP contribution in [0.2, 0.25) is 0 Å². The van der Waals surface area contributed by atoms with Gasteiger partial charge in [0.2, 0.25) is 5.88 Å². The number of benzene rings is 1. The van der Waals surface area contributed by atoms with Crippen LogP contribution in [0.4, 0.5) is 0 Å². The van der Waals surface area contributed by atoms with Crippen LogP contribution >= 0.6 is 0 Å². The van der Waals surface area contributed by atoms with Crippen LogP contribution in [0.25, 0.3) is 0 Å². The molecule has 0 aliphatic rings. The molecule has 1 aromatic heterocycles. The highest BCUT2D eigenvalue weighted by Gasteiger charge is 2.21. The minimum Gasteiger partial charge on any atom is -0.481 e. The van der Waals surface area contributed by atoms with Crippen LogP contribution in [-0.2, 0) is 11.2 Å². The highest BCUT2D eigenvalue weighted by molar-refractivity contribution is 5.96. The van der Waals surface area contributed by atoms with Crippen LogP contribution in [0.3, 0.4) is 0 Å². The number of hydrogen-bond acceptors (Lipinski definition) is 4. The number of ether oxygens (including phenoxy) is 1. The summed E-state index contributed by atoms with van der Waals surface area (Å²) >= 11 is 0. The fraction of sp³-hybridized carbons (Fsp3) is 0.316. The molecule has 1 heterocycles. The summed E-state index contributed by atoms with van der Waals surface area (Å²) in [5, 5.41) is 12.1. The molecule has 0 aliphatic carbocycles. The molecule has 0 aliphatic heterocycles. The zero-order valence-corrected chi connectivity index (χ0v) is 14.6. The number of aromatic nitrogens is 1. The van der Waals surface area contributed by atoms with E-state index in [-0.39, 0.29) is 18.0 Å². The molecule has 6 heteroatoms. The van der Waals surface area contributed by atoms with Crippen molar-refractivity contribution in [3.05, 3.63) is 58.8 Å². The molecule has 0 spiro atoms. The number of carboxylic acid groups (broad SMARTS) is 1.